The van der Waals surface area contributed by atoms with Gasteiger partial charge in [-0.15, -0.1) is 0 Å². The van der Waals surface area contributed by atoms with E-state index in [0.717, 1.165) is 12.5 Å². The van der Waals surface area contributed by atoms with Gasteiger partial charge in [0.2, 0.25) is 0 Å². The Morgan fingerprint density at radius 1 is 0.900 bits per heavy atom. The summed E-state index contributed by atoms with van der Waals surface area (Å²) in [6.45, 7) is 11.6. The molecular formula is C28H36N2. The first-order valence-electron chi connectivity index (χ1n) is 11.6. The molecule has 3 aromatic rings. The van der Waals surface area contributed by atoms with E-state index in [0.29, 0.717) is 17.9 Å². The van der Waals surface area contributed by atoms with Crippen molar-refractivity contribution < 1.29 is 0 Å². The number of rotatable bonds is 7. The minimum absolute atomic E-state index is 0.341. The molecular weight excluding hydrogens is 364 g/mol. The summed E-state index contributed by atoms with van der Waals surface area (Å²) in [5.41, 5.74) is 2.91. The molecule has 158 valence electrons. The maximum absolute atomic E-state index is 3.91. The van der Waals surface area contributed by atoms with Gasteiger partial charge >= 0.3 is 0 Å². The summed E-state index contributed by atoms with van der Waals surface area (Å²) in [7, 11) is 0. The van der Waals surface area contributed by atoms with Gasteiger partial charge in [0, 0.05) is 25.7 Å². The smallest absolute Gasteiger partial charge is 0.0298 e. The van der Waals surface area contributed by atoms with Crippen LogP contribution in [0.2, 0.25) is 0 Å². The van der Waals surface area contributed by atoms with Crippen LogP contribution in [-0.2, 0) is 0 Å². The van der Waals surface area contributed by atoms with Gasteiger partial charge in [0.25, 0.3) is 0 Å². The van der Waals surface area contributed by atoms with E-state index in [2.05, 4.69) is 104 Å². The molecule has 4 rings (SSSR count). The molecule has 1 saturated heterocycles. The zero-order valence-electron chi connectivity index (χ0n) is 18.7. The van der Waals surface area contributed by atoms with Gasteiger partial charge in [0.15, 0.2) is 0 Å². The first-order chi connectivity index (χ1) is 14.6. The van der Waals surface area contributed by atoms with Crippen molar-refractivity contribution in [3.8, 4) is 0 Å². The third kappa shape index (κ3) is 4.94. The zero-order chi connectivity index (χ0) is 20.9. The van der Waals surface area contributed by atoms with Crippen LogP contribution in [0.1, 0.15) is 50.3 Å². The molecule has 0 aliphatic carbocycles. The SMILES string of the molecule is CC(C)CN1CCC(c2ccccc2)C(CN[C@H](C)c2cccc3ccccc23)C1. The highest BCUT2D eigenvalue weighted by Gasteiger charge is 2.30. The Labute approximate surface area is 182 Å². The lowest BCUT2D eigenvalue weighted by atomic mass is 9.80. The van der Waals surface area contributed by atoms with Crippen molar-refractivity contribution in [2.45, 2.75) is 39.2 Å². The fourth-order valence-corrected chi connectivity index (χ4v) is 5.20. The summed E-state index contributed by atoms with van der Waals surface area (Å²) in [6, 6.07) is 26.9. The van der Waals surface area contributed by atoms with Gasteiger partial charge in [-0.25, -0.2) is 0 Å². The van der Waals surface area contributed by atoms with Gasteiger partial charge in [-0.2, -0.15) is 0 Å². The monoisotopic (exact) mass is 400 g/mol. The minimum atomic E-state index is 0.341. The average molecular weight is 401 g/mol. The standard InChI is InChI=1S/C28H36N2/c1-21(2)19-30-17-16-27(23-10-5-4-6-11-23)25(20-30)18-29-22(3)26-15-9-13-24-12-7-8-14-28(24)26/h4-15,21-22,25,27,29H,16-20H2,1-3H3/t22-,25?,27?/m1/s1. The molecule has 0 saturated carbocycles. The van der Waals surface area contributed by atoms with E-state index in [9.17, 15) is 0 Å². The first-order valence-corrected chi connectivity index (χ1v) is 11.6. The average Bonchev–Trinajstić information content (AvgIpc) is 2.77. The Morgan fingerprint density at radius 3 is 2.43 bits per heavy atom. The van der Waals surface area contributed by atoms with Crippen LogP contribution in [0.4, 0.5) is 0 Å². The van der Waals surface area contributed by atoms with Crippen molar-refractivity contribution in [2.24, 2.45) is 11.8 Å². The molecule has 2 heteroatoms. The summed E-state index contributed by atoms with van der Waals surface area (Å²) in [5.74, 6) is 2.00. The molecule has 0 spiro atoms. The van der Waals surface area contributed by atoms with E-state index >= 15 is 0 Å². The summed E-state index contributed by atoms with van der Waals surface area (Å²) in [6.07, 6.45) is 1.26. The van der Waals surface area contributed by atoms with Crippen LogP contribution in [-0.4, -0.2) is 31.1 Å². The first kappa shape index (κ1) is 21.1. The van der Waals surface area contributed by atoms with Gasteiger partial charge in [-0.3, -0.25) is 0 Å². The topological polar surface area (TPSA) is 15.3 Å². The Morgan fingerprint density at radius 2 is 1.63 bits per heavy atom. The molecule has 0 radical (unpaired) electrons. The summed E-state index contributed by atoms with van der Waals surface area (Å²) < 4.78 is 0. The number of hydrogen-bond donors (Lipinski definition) is 1. The van der Waals surface area contributed by atoms with Crippen molar-refractivity contribution in [3.05, 3.63) is 83.9 Å². The second kappa shape index (κ2) is 9.76. The molecule has 2 nitrogen and oxygen atoms in total. The molecule has 1 aliphatic heterocycles. The van der Waals surface area contributed by atoms with Crippen LogP contribution in [0, 0.1) is 11.8 Å². The van der Waals surface area contributed by atoms with Crippen LogP contribution < -0.4 is 5.32 Å². The summed E-state index contributed by atoms with van der Waals surface area (Å²) in [5, 5.41) is 6.60. The largest absolute Gasteiger partial charge is 0.310 e. The number of nitrogens with one attached hydrogen (secondary N) is 1. The van der Waals surface area contributed by atoms with E-state index in [1.165, 1.54) is 48.0 Å². The quantitative estimate of drug-likeness (QED) is 0.504. The molecule has 0 aromatic heterocycles. The lowest BCUT2D eigenvalue weighted by Gasteiger charge is -2.40. The highest BCUT2D eigenvalue weighted by molar-refractivity contribution is 5.86. The fourth-order valence-electron chi connectivity index (χ4n) is 5.20. The van der Waals surface area contributed by atoms with E-state index in [4.69, 9.17) is 0 Å². The van der Waals surface area contributed by atoms with Gasteiger partial charge in [0.1, 0.15) is 0 Å². The molecule has 3 atom stereocenters. The summed E-state index contributed by atoms with van der Waals surface area (Å²) >= 11 is 0. The molecule has 0 bridgehead atoms. The lowest BCUT2D eigenvalue weighted by Crippen LogP contribution is -2.45. The number of benzene rings is 3. The normalized spacial score (nSPS) is 21.2. The van der Waals surface area contributed by atoms with Gasteiger partial charge < -0.3 is 10.2 Å². The lowest BCUT2D eigenvalue weighted by molar-refractivity contribution is 0.136. The third-order valence-corrected chi connectivity index (χ3v) is 6.65. The molecule has 3 aromatic carbocycles. The van der Waals surface area contributed by atoms with Crippen molar-refractivity contribution in [2.75, 3.05) is 26.2 Å². The van der Waals surface area contributed by atoms with Crippen LogP contribution in [0.5, 0.6) is 0 Å². The Bertz CT molecular complexity index is 928. The molecule has 1 heterocycles. The summed E-state index contributed by atoms with van der Waals surface area (Å²) in [4.78, 5) is 2.68. The molecule has 1 aliphatic rings. The molecule has 1 N–H and O–H groups in total. The predicted molar refractivity (Wildman–Crippen MR) is 129 cm³/mol. The second-order valence-corrected chi connectivity index (χ2v) is 9.42. The second-order valence-electron chi connectivity index (χ2n) is 9.42. The van der Waals surface area contributed by atoms with E-state index in [1.807, 2.05) is 0 Å². The Balaban J connectivity index is 1.50. The Hall–Kier alpha value is -2.16. The highest BCUT2D eigenvalue weighted by Crippen LogP contribution is 2.34. The van der Waals surface area contributed by atoms with Gasteiger partial charge in [-0.05, 0) is 59.5 Å². The van der Waals surface area contributed by atoms with E-state index in [-0.39, 0.29) is 0 Å². The van der Waals surface area contributed by atoms with Crippen LogP contribution in [0.3, 0.4) is 0 Å². The van der Waals surface area contributed by atoms with Crippen LogP contribution in [0.15, 0.2) is 72.8 Å². The zero-order valence-corrected chi connectivity index (χ0v) is 18.7. The number of hydrogen-bond acceptors (Lipinski definition) is 2. The van der Waals surface area contributed by atoms with E-state index in [1.54, 1.807) is 0 Å². The number of likely N-dealkylation sites (tertiary alicyclic amines) is 1. The van der Waals surface area contributed by atoms with Crippen LogP contribution >= 0.6 is 0 Å². The molecule has 1 fully saturated rings. The van der Waals surface area contributed by atoms with Gasteiger partial charge in [0.05, 0.1) is 0 Å². The van der Waals surface area contributed by atoms with Crippen LogP contribution in [0.25, 0.3) is 10.8 Å². The maximum Gasteiger partial charge on any atom is 0.0298 e. The number of piperidine rings is 1. The van der Waals surface area contributed by atoms with Crippen molar-refractivity contribution in [1.82, 2.24) is 10.2 Å². The number of fused-ring (bicyclic) bond motifs is 1. The Kier molecular flexibility index (Phi) is 6.86. The molecule has 2 unspecified atom stereocenters. The maximum atomic E-state index is 3.91. The predicted octanol–water partition coefficient (Wildman–Crippen LogP) is 6.25. The van der Waals surface area contributed by atoms with Crippen molar-refractivity contribution in [3.63, 3.8) is 0 Å². The van der Waals surface area contributed by atoms with Crippen molar-refractivity contribution in [1.29, 1.82) is 0 Å². The van der Waals surface area contributed by atoms with Crippen molar-refractivity contribution >= 4 is 10.8 Å². The minimum Gasteiger partial charge on any atom is -0.310 e. The third-order valence-electron chi connectivity index (χ3n) is 6.65. The van der Waals surface area contributed by atoms with E-state index < -0.39 is 0 Å². The molecule has 0 amide bonds. The van der Waals surface area contributed by atoms with Gasteiger partial charge in [-0.1, -0.05) is 86.6 Å². The highest BCUT2D eigenvalue weighted by atomic mass is 15.1. The molecule has 30 heavy (non-hydrogen) atoms. The number of nitrogens with zero attached hydrogens (tertiary/aromatic N) is 1. The fraction of sp³-hybridized carbons (Fsp3) is 0.429.